The van der Waals surface area contributed by atoms with E-state index in [-0.39, 0.29) is 17.9 Å². The molecule has 0 aliphatic carbocycles. The quantitative estimate of drug-likeness (QED) is 0.234. The van der Waals surface area contributed by atoms with Crippen LogP contribution in [0.1, 0.15) is 27.4 Å². The minimum Gasteiger partial charge on any atom is -0.455 e. The third kappa shape index (κ3) is 4.39. The first-order valence-corrected chi connectivity index (χ1v) is 9.00. The molecule has 0 amide bonds. The maximum absolute atomic E-state index is 12.1. The lowest BCUT2D eigenvalue weighted by Gasteiger charge is -2.06. The number of carbonyl (C=O) groups excluding carboxylic acids is 1. The third-order valence-electron chi connectivity index (χ3n) is 3.73. The molecule has 2 heterocycles. The van der Waals surface area contributed by atoms with Gasteiger partial charge >= 0.3 is 5.97 Å². The largest absolute Gasteiger partial charge is 0.455 e. The summed E-state index contributed by atoms with van der Waals surface area (Å²) < 4.78 is 7.49. The number of nitro benzene ring substituents is 1. The minimum atomic E-state index is -0.614. The molecule has 0 bridgehead atoms. The lowest BCUT2D eigenvalue weighted by Crippen LogP contribution is -2.10. The number of hydrogen-bond donors (Lipinski definition) is 1. The van der Waals surface area contributed by atoms with Gasteiger partial charge in [-0.25, -0.2) is 19.4 Å². The molecule has 0 radical (unpaired) electrons. The number of carbonyl (C=O) groups is 1. The summed E-state index contributed by atoms with van der Waals surface area (Å²) in [6.07, 6.45) is 1.63. The maximum Gasteiger partial charge on any atom is 0.338 e. The fourth-order valence-electron chi connectivity index (χ4n) is 2.26. The summed E-state index contributed by atoms with van der Waals surface area (Å²) in [6.45, 7) is 1.98. The van der Waals surface area contributed by atoms with E-state index in [0.717, 1.165) is 0 Å². The van der Waals surface area contributed by atoms with Gasteiger partial charge in [-0.2, -0.15) is 0 Å². The number of ether oxygens (including phenoxy) is 1. The Labute approximate surface area is 172 Å². The first-order chi connectivity index (χ1) is 13.3. The Morgan fingerprint density at radius 2 is 2.07 bits per heavy atom. The normalized spacial score (nSPS) is 10.6. The van der Waals surface area contributed by atoms with Gasteiger partial charge in [0.25, 0.3) is 5.69 Å². The fourth-order valence-corrected chi connectivity index (χ4v) is 2.79. The fraction of sp³-hybridized carbons (Fsp3) is 0.188. The van der Waals surface area contributed by atoms with Gasteiger partial charge in [-0.15, -0.1) is 5.10 Å². The number of non-ortho nitro benzene ring substituents is 1. The van der Waals surface area contributed by atoms with Gasteiger partial charge in [0.15, 0.2) is 0 Å². The zero-order chi connectivity index (χ0) is 20.3. The van der Waals surface area contributed by atoms with Crippen molar-refractivity contribution in [3.05, 3.63) is 66.9 Å². The second-order valence-electron chi connectivity index (χ2n) is 5.69. The molecule has 0 unspecified atom stereocenters. The molecular formula is C16H14IN7O4. The number of aromatic nitrogens is 5. The topological polar surface area (TPSA) is 152 Å². The van der Waals surface area contributed by atoms with Gasteiger partial charge in [-0.1, -0.05) is 5.21 Å². The van der Waals surface area contributed by atoms with Crippen LogP contribution in [-0.4, -0.2) is 35.9 Å². The number of nitro groups is 1. The number of esters is 1. The number of anilines is 1. The molecule has 0 saturated carbocycles. The second kappa shape index (κ2) is 8.24. The summed E-state index contributed by atoms with van der Waals surface area (Å²) in [7, 11) is 0. The van der Waals surface area contributed by atoms with E-state index in [1.807, 2.05) is 22.6 Å². The molecule has 0 aliphatic heterocycles. The first-order valence-electron chi connectivity index (χ1n) is 7.92. The van der Waals surface area contributed by atoms with Gasteiger partial charge in [0.1, 0.15) is 27.6 Å². The lowest BCUT2D eigenvalue weighted by atomic mass is 10.2. The van der Waals surface area contributed by atoms with Crippen LogP contribution < -0.4 is 5.73 Å². The molecule has 28 heavy (non-hydrogen) atoms. The van der Waals surface area contributed by atoms with Crippen LogP contribution in [0.15, 0.2) is 30.5 Å². The molecule has 0 spiro atoms. The smallest absolute Gasteiger partial charge is 0.338 e. The number of nitrogen functional groups attached to an aromatic ring is 1. The van der Waals surface area contributed by atoms with E-state index in [2.05, 4.69) is 20.3 Å². The summed E-state index contributed by atoms with van der Waals surface area (Å²) in [5.74, 6) is 0.328. The molecule has 11 nitrogen and oxygen atoms in total. The number of benzene rings is 1. The zero-order valence-corrected chi connectivity index (χ0v) is 16.7. The molecule has 0 atom stereocenters. The Morgan fingerprint density at radius 3 is 2.71 bits per heavy atom. The molecule has 144 valence electrons. The summed E-state index contributed by atoms with van der Waals surface area (Å²) in [5.41, 5.74) is 7.17. The average molecular weight is 495 g/mol. The Balaban J connectivity index is 1.65. The minimum absolute atomic E-state index is 0.0893. The van der Waals surface area contributed by atoms with Crippen LogP contribution in [0.25, 0.3) is 0 Å². The van der Waals surface area contributed by atoms with E-state index >= 15 is 0 Å². The van der Waals surface area contributed by atoms with E-state index in [1.54, 1.807) is 17.8 Å². The van der Waals surface area contributed by atoms with Crippen molar-refractivity contribution in [2.75, 3.05) is 5.73 Å². The monoisotopic (exact) mass is 495 g/mol. The van der Waals surface area contributed by atoms with Crippen molar-refractivity contribution < 1.29 is 14.5 Å². The molecule has 3 rings (SSSR count). The van der Waals surface area contributed by atoms with Crippen LogP contribution in [-0.2, 0) is 17.9 Å². The zero-order valence-electron chi connectivity index (χ0n) is 14.6. The van der Waals surface area contributed by atoms with Crippen LogP contribution in [0.4, 0.5) is 11.5 Å². The van der Waals surface area contributed by atoms with Gasteiger partial charge in [-0.05, 0) is 41.6 Å². The first kappa shape index (κ1) is 19.6. The molecule has 3 aromatic rings. The third-order valence-corrected chi connectivity index (χ3v) is 4.91. The molecule has 1 aromatic carbocycles. The number of halogens is 1. The number of nitrogens with two attached hydrogens (primary N) is 1. The van der Waals surface area contributed by atoms with Gasteiger partial charge in [0.05, 0.1) is 17.0 Å². The van der Waals surface area contributed by atoms with Crippen LogP contribution in [0, 0.1) is 20.7 Å². The highest BCUT2D eigenvalue weighted by molar-refractivity contribution is 14.1. The highest BCUT2D eigenvalue weighted by atomic mass is 127. The van der Waals surface area contributed by atoms with Gasteiger partial charge in [-0.3, -0.25) is 10.1 Å². The van der Waals surface area contributed by atoms with Crippen LogP contribution in [0.3, 0.4) is 0 Å². The van der Waals surface area contributed by atoms with E-state index in [1.165, 1.54) is 24.3 Å². The Bertz CT molecular complexity index is 1040. The number of aryl methyl sites for hydroxylation is 1. The molecule has 0 saturated heterocycles. The summed E-state index contributed by atoms with van der Waals surface area (Å²) in [5, 5.41) is 18.7. The van der Waals surface area contributed by atoms with Crippen molar-refractivity contribution >= 4 is 40.1 Å². The summed E-state index contributed by atoms with van der Waals surface area (Å²) in [6, 6.07) is 5.15. The maximum atomic E-state index is 12.1. The highest BCUT2D eigenvalue weighted by Crippen LogP contribution is 2.16. The van der Waals surface area contributed by atoms with Gasteiger partial charge in [0.2, 0.25) is 0 Å². The van der Waals surface area contributed by atoms with Gasteiger partial charge < -0.3 is 10.5 Å². The Hall–Kier alpha value is -3.16. The van der Waals surface area contributed by atoms with Crippen molar-refractivity contribution in [1.29, 1.82) is 0 Å². The molecule has 2 N–H and O–H groups in total. The molecule has 12 heteroatoms. The number of hydrogen-bond acceptors (Lipinski definition) is 9. The molecule has 2 aromatic heterocycles. The second-order valence-corrected chi connectivity index (χ2v) is 6.71. The van der Waals surface area contributed by atoms with E-state index in [4.69, 9.17) is 10.5 Å². The Morgan fingerprint density at radius 1 is 1.36 bits per heavy atom. The number of rotatable bonds is 6. The van der Waals surface area contributed by atoms with E-state index in [9.17, 15) is 14.9 Å². The number of nitrogens with zero attached hydrogens (tertiary/aromatic N) is 6. The Kier molecular flexibility index (Phi) is 5.77. The predicted molar refractivity (Wildman–Crippen MR) is 105 cm³/mol. The molecule has 0 fully saturated rings. The van der Waals surface area contributed by atoms with Crippen LogP contribution in [0.5, 0.6) is 0 Å². The van der Waals surface area contributed by atoms with E-state index in [0.29, 0.717) is 33.1 Å². The summed E-state index contributed by atoms with van der Waals surface area (Å²) >= 11 is 2.04. The average Bonchev–Trinajstić information content (AvgIpc) is 3.01. The van der Waals surface area contributed by atoms with Crippen molar-refractivity contribution in [3.63, 3.8) is 0 Å². The standard InChI is InChI=1S/C16H14IN7O4/c1-9-19-6-11(15(18)20-9)7-23-14(17)13(21-22-23)8-28-16(25)10-2-4-12(5-3-10)24(26)27/h2-6H,7-8H2,1H3,(H2,18,19,20). The van der Waals surface area contributed by atoms with Gasteiger partial charge in [0, 0.05) is 23.9 Å². The van der Waals surface area contributed by atoms with E-state index < -0.39 is 10.9 Å². The molecule has 0 aliphatic rings. The molecular weight excluding hydrogens is 481 g/mol. The van der Waals surface area contributed by atoms with Crippen molar-refractivity contribution in [3.8, 4) is 0 Å². The van der Waals surface area contributed by atoms with Crippen molar-refractivity contribution in [2.45, 2.75) is 20.1 Å². The van der Waals surface area contributed by atoms with Crippen LogP contribution >= 0.6 is 22.6 Å². The SMILES string of the molecule is Cc1ncc(Cn2nnc(COC(=O)c3ccc([N+](=O)[O-])cc3)c2I)c(N)n1. The highest BCUT2D eigenvalue weighted by Gasteiger charge is 2.16. The summed E-state index contributed by atoms with van der Waals surface area (Å²) in [4.78, 5) is 30.4. The predicted octanol–water partition coefficient (Wildman–Crippen LogP) is 1.88. The van der Waals surface area contributed by atoms with Crippen molar-refractivity contribution in [1.82, 2.24) is 25.0 Å². The van der Waals surface area contributed by atoms with Crippen molar-refractivity contribution in [2.24, 2.45) is 0 Å². The lowest BCUT2D eigenvalue weighted by molar-refractivity contribution is -0.384. The van der Waals surface area contributed by atoms with Crippen LogP contribution in [0.2, 0.25) is 0 Å².